The van der Waals surface area contributed by atoms with Gasteiger partial charge in [-0.1, -0.05) is 24.3 Å². The first kappa shape index (κ1) is 21.4. The normalized spacial score (nSPS) is 15.7. The number of likely N-dealkylation sites (tertiary alicyclic amines) is 1. The largest absolute Gasteiger partial charge is 0.496 e. The van der Waals surface area contributed by atoms with Crippen LogP contribution in [0.1, 0.15) is 30.0 Å². The number of alkyl halides is 3. The van der Waals surface area contributed by atoms with Gasteiger partial charge < -0.3 is 15.4 Å². The Labute approximate surface area is 174 Å². The average Bonchev–Trinajstić information content (AvgIpc) is 3.22. The zero-order chi connectivity index (χ0) is 20.9. The van der Waals surface area contributed by atoms with Crippen molar-refractivity contribution in [1.82, 2.24) is 10.2 Å². The highest BCUT2D eigenvalue weighted by Gasteiger charge is 2.30. The fraction of sp³-hybridized carbons (Fsp3) is 0.381. The van der Waals surface area contributed by atoms with Crippen LogP contribution in [0.25, 0.3) is 0 Å². The number of halogens is 3. The molecule has 2 aromatic carbocycles. The van der Waals surface area contributed by atoms with Crippen LogP contribution in [0, 0.1) is 0 Å². The van der Waals surface area contributed by atoms with E-state index in [9.17, 15) is 13.2 Å². The third-order valence-electron chi connectivity index (χ3n) is 4.98. The van der Waals surface area contributed by atoms with Crippen molar-refractivity contribution in [2.45, 2.75) is 25.1 Å². The third-order valence-corrected chi connectivity index (χ3v) is 5.23. The van der Waals surface area contributed by atoms with E-state index in [0.29, 0.717) is 12.2 Å². The number of rotatable bonds is 6. The van der Waals surface area contributed by atoms with Gasteiger partial charge in [-0.05, 0) is 62.4 Å². The average molecular weight is 424 g/mol. The minimum Gasteiger partial charge on any atom is -0.496 e. The van der Waals surface area contributed by atoms with E-state index < -0.39 is 11.7 Å². The van der Waals surface area contributed by atoms with Gasteiger partial charge in [0.05, 0.1) is 18.7 Å². The number of hydrogen-bond donors (Lipinski definition) is 2. The Kier molecular flexibility index (Phi) is 6.97. The summed E-state index contributed by atoms with van der Waals surface area (Å²) in [4.78, 5) is 2.37. The van der Waals surface area contributed by atoms with Crippen LogP contribution in [-0.2, 0) is 6.18 Å². The van der Waals surface area contributed by atoms with Gasteiger partial charge in [0.2, 0.25) is 0 Å². The number of ether oxygens (including phenoxy) is 1. The van der Waals surface area contributed by atoms with Crippen molar-refractivity contribution < 1.29 is 17.9 Å². The number of hydrogen-bond acceptors (Lipinski definition) is 3. The van der Waals surface area contributed by atoms with Crippen LogP contribution in [0.2, 0.25) is 0 Å². The molecule has 4 nitrogen and oxygen atoms in total. The molecule has 0 bridgehead atoms. The Morgan fingerprint density at radius 2 is 1.86 bits per heavy atom. The van der Waals surface area contributed by atoms with Gasteiger partial charge in [0, 0.05) is 17.8 Å². The van der Waals surface area contributed by atoms with Crippen molar-refractivity contribution in [2.24, 2.45) is 0 Å². The van der Waals surface area contributed by atoms with E-state index >= 15 is 0 Å². The lowest BCUT2D eigenvalue weighted by atomic mass is 10.0. The lowest BCUT2D eigenvalue weighted by Gasteiger charge is -2.29. The highest BCUT2D eigenvalue weighted by atomic mass is 32.1. The molecular formula is C21H24F3N3OS. The molecule has 1 saturated heterocycles. The lowest BCUT2D eigenvalue weighted by Crippen LogP contribution is -2.38. The topological polar surface area (TPSA) is 36.5 Å². The monoisotopic (exact) mass is 423 g/mol. The number of nitrogens with one attached hydrogen (secondary N) is 2. The van der Waals surface area contributed by atoms with Crippen molar-refractivity contribution in [3.63, 3.8) is 0 Å². The Hall–Kier alpha value is -2.32. The molecule has 1 fully saturated rings. The Morgan fingerprint density at radius 3 is 2.55 bits per heavy atom. The second-order valence-corrected chi connectivity index (χ2v) is 7.32. The second-order valence-electron chi connectivity index (χ2n) is 6.91. The van der Waals surface area contributed by atoms with E-state index in [-0.39, 0.29) is 11.2 Å². The minimum atomic E-state index is -4.39. The van der Waals surface area contributed by atoms with Crippen LogP contribution in [0.5, 0.6) is 5.75 Å². The van der Waals surface area contributed by atoms with E-state index in [1.807, 2.05) is 24.3 Å². The van der Waals surface area contributed by atoms with Crippen LogP contribution in [-0.4, -0.2) is 36.8 Å². The molecule has 1 atom stereocenters. The summed E-state index contributed by atoms with van der Waals surface area (Å²) in [6.07, 6.45) is -2.12. The van der Waals surface area contributed by atoms with Crippen molar-refractivity contribution in [3.05, 3.63) is 59.7 Å². The van der Waals surface area contributed by atoms with Crippen LogP contribution in [0.3, 0.4) is 0 Å². The molecule has 1 aliphatic heterocycles. The molecule has 8 heteroatoms. The molecule has 2 aromatic rings. The van der Waals surface area contributed by atoms with Gasteiger partial charge in [-0.25, -0.2) is 0 Å². The fourth-order valence-electron chi connectivity index (χ4n) is 3.57. The number of para-hydroxylation sites is 1. The number of thiocarbonyl (C=S) groups is 1. The number of benzene rings is 2. The van der Waals surface area contributed by atoms with Gasteiger partial charge in [0.15, 0.2) is 5.11 Å². The van der Waals surface area contributed by atoms with Crippen molar-refractivity contribution in [3.8, 4) is 5.75 Å². The number of methoxy groups -OCH3 is 1. The first-order valence-corrected chi connectivity index (χ1v) is 9.88. The molecule has 0 saturated carbocycles. The molecular weight excluding hydrogens is 399 g/mol. The summed E-state index contributed by atoms with van der Waals surface area (Å²) in [6, 6.07) is 12.9. The molecule has 0 amide bonds. The highest BCUT2D eigenvalue weighted by Crippen LogP contribution is 2.32. The summed E-state index contributed by atoms with van der Waals surface area (Å²) < 4.78 is 44.2. The van der Waals surface area contributed by atoms with Gasteiger partial charge >= 0.3 is 6.18 Å². The van der Waals surface area contributed by atoms with Crippen LogP contribution in [0.15, 0.2) is 48.5 Å². The maximum Gasteiger partial charge on any atom is 0.416 e. The smallest absolute Gasteiger partial charge is 0.416 e. The maximum absolute atomic E-state index is 12.9. The van der Waals surface area contributed by atoms with E-state index in [1.165, 1.54) is 6.07 Å². The van der Waals surface area contributed by atoms with Gasteiger partial charge in [0.25, 0.3) is 0 Å². The predicted octanol–water partition coefficient (Wildman–Crippen LogP) is 4.84. The predicted molar refractivity (Wildman–Crippen MR) is 112 cm³/mol. The van der Waals surface area contributed by atoms with E-state index in [1.54, 1.807) is 13.2 Å². The highest BCUT2D eigenvalue weighted by molar-refractivity contribution is 7.80. The van der Waals surface area contributed by atoms with Gasteiger partial charge in [0.1, 0.15) is 5.75 Å². The molecule has 0 spiro atoms. The molecule has 29 heavy (non-hydrogen) atoms. The Morgan fingerprint density at radius 1 is 1.14 bits per heavy atom. The standard InChI is InChI=1S/C21H24F3N3OS/c1-28-19-10-3-2-9-17(19)18(27-11-4-5-12-27)14-25-20(29)26-16-8-6-7-15(13-16)21(22,23)24/h2-3,6-10,13,18H,4-5,11-12,14H2,1H3,(H2,25,26,29). The molecule has 1 unspecified atom stereocenters. The maximum atomic E-state index is 12.9. The summed E-state index contributed by atoms with van der Waals surface area (Å²) in [5.41, 5.74) is 0.646. The molecule has 0 radical (unpaired) electrons. The summed E-state index contributed by atoms with van der Waals surface area (Å²) in [5, 5.41) is 6.29. The van der Waals surface area contributed by atoms with Crippen LogP contribution < -0.4 is 15.4 Å². The first-order chi connectivity index (χ1) is 13.9. The SMILES string of the molecule is COc1ccccc1C(CNC(=S)Nc1cccc(C(F)(F)F)c1)N1CCCC1. The van der Waals surface area contributed by atoms with Crippen molar-refractivity contribution in [1.29, 1.82) is 0 Å². The lowest BCUT2D eigenvalue weighted by molar-refractivity contribution is -0.137. The first-order valence-electron chi connectivity index (χ1n) is 9.47. The van der Waals surface area contributed by atoms with Gasteiger partial charge in [-0.3, -0.25) is 4.90 Å². The molecule has 1 heterocycles. The summed E-state index contributed by atoms with van der Waals surface area (Å²) in [7, 11) is 1.65. The molecule has 1 aliphatic rings. The molecule has 0 aliphatic carbocycles. The molecule has 0 aromatic heterocycles. The molecule has 2 N–H and O–H groups in total. The zero-order valence-electron chi connectivity index (χ0n) is 16.1. The summed E-state index contributed by atoms with van der Waals surface area (Å²) >= 11 is 5.32. The van der Waals surface area contributed by atoms with E-state index in [0.717, 1.165) is 49.4 Å². The molecule has 156 valence electrons. The number of anilines is 1. The number of nitrogens with zero attached hydrogens (tertiary/aromatic N) is 1. The Bertz CT molecular complexity index is 838. The third kappa shape index (κ3) is 5.61. The van der Waals surface area contributed by atoms with E-state index in [2.05, 4.69) is 15.5 Å². The Balaban J connectivity index is 1.69. The van der Waals surface area contributed by atoms with E-state index in [4.69, 9.17) is 17.0 Å². The quantitative estimate of drug-likeness (QED) is 0.651. The van der Waals surface area contributed by atoms with Crippen LogP contribution in [0.4, 0.5) is 18.9 Å². The summed E-state index contributed by atoms with van der Waals surface area (Å²) in [5.74, 6) is 0.808. The van der Waals surface area contributed by atoms with Crippen molar-refractivity contribution in [2.75, 3.05) is 32.1 Å². The van der Waals surface area contributed by atoms with Crippen LogP contribution >= 0.6 is 12.2 Å². The summed E-state index contributed by atoms with van der Waals surface area (Å²) in [6.45, 7) is 2.49. The van der Waals surface area contributed by atoms with Gasteiger partial charge in [-0.15, -0.1) is 0 Å². The molecule has 3 rings (SSSR count). The van der Waals surface area contributed by atoms with Gasteiger partial charge in [-0.2, -0.15) is 13.2 Å². The van der Waals surface area contributed by atoms with Crippen molar-refractivity contribution >= 4 is 23.0 Å². The fourth-order valence-corrected chi connectivity index (χ4v) is 3.77. The minimum absolute atomic E-state index is 0.0508. The zero-order valence-corrected chi connectivity index (χ0v) is 16.9. The second kappa shape index (κ2) is 9.45.